The first-order valence-corrected chi connectivity index (χ1v) is 12.8. The van der Waals surface area contributed by atoms with Crippen LogP contribution >= 0.6 is 22.9 Å². The lowest BCUT2D eigenvalue weighted by molar-refractivity contribution is 0.0596. The van der Waals surface area contributed by atoms with E-state index in [0.29, 0.717) is 31.9 Å². The first kappa shape index (κ1) is 29.4. The molecule has 0 atom stereocenters. The Bertz CT molecular complexity index is 1400. The highest BCUT2D eigenvalue weighted by Gasteiger charge is 2.19. The molecule has 2 aromatic heterocycles. The molecule has 8 nitrogen and oxygen atoms in total. The number of methoxy groups -OCH3 is 1. The second-order valence-corrected chi connectivity index (χ2v) is 8.27. The zero-order valence-corrected chi connectivity index (χ0v) is 23.0. The van der Waals surface area contributed by atoms with Gasteiger partial charge in [0.25, 0.3) is 0 Å². The quantitative estimate of drug-likeness (QED) is 0.257. The second kappa shape index (κ2) is 14.1. The van der Waals surface area contributed by atoms with Gasteiger partial charge in [-0.1, -0.05) is 51.4 Å². The lowest BCUT2D eigenvalue weighted by Crippen LogP contribution is -2.30. The number of nitrogens with one attached hydrogen (secondary N) is 1. The van der Waals surface area contributed by atoms with Crippen LogP contribution in [0, 0.1) is 0 Å². The third-order valence-electron chi connectivity index (χ3n) is 4.62. The molecule has 1 N–H and O–H groups in total. The van der Waals surface area contributed by atoms with Crippen molar-refractivity contribution in [3.8, 4) is 11.5 Å². The molecule has 2 heterocycles. The smallest absolute Gasteiger partial charge is 0.351 e. The highest BCUT2D eigenvalue weighted by atomic mass is 35.5. The van der Waals surface area contributed by atoms with Crippen LogP contribution in [0.1, 0.15) is 38.1 Å². The summed E-state index contributed by atoms with van der Waals surface area (Å²) < 4.78 is 16.0. The number of esters is 1. The molecule has 0 radical (unpaired) electrons. The number of thiophene rings is 1. The van der Waals surface area contributed by atoms with Gasteiger partial charge in [-0.2, -0.15) is 0 Å². The fraction of sp³-hybridized carbons (Fsp3) is 0.222. The summed E-state index contributed by atoms with van der Waals surface area (Å²) in [6.07, 6.45) is 0. The monoisotopic (exact) mass is 544 g/mol. The normalized spacial score (nSPS) is 9.81. The minimum Gasteiger partial charge on any atom is -0.465 e. The van der Waals surface area contributed by atoms with Crippen LogP contribution in [0.25, 0.3) is 10.3 Å². The zero-order valence-electron chi connectivity index (χ0n) is 21.5. The van der Waals surface area contributed by atoms with Crippen molar-refractivity contribution in [3.05, 3.63) is 81.7 Å². The lowest BCUT2D eigenvalue weighted by atomic mass is 10.3. The number of halogens is 1. The number of amides is 2. The molecule has 196 valence electrons. The molecule has 0 saturated heterocycles. The molecule has 2 amide bonds. The number of para-hydroxylation sites is 1. The molecule has 4 aromatic rings. The number of anilines is 2. The van der Waals surface area contributed by atoms with Gasteiger partial charge in [-0.15, -0.1) is 11.3 Å². The first-order valence-electron chi connectivity index (χ1n) is 11.6. The van der Waals surface area contributed by atoms with Gasteiger partial charge in [-0.25, -0.2) is 14.4 Å². The third-order valence-corrected chi connectivity index (χ3v) is 6.07. The number of hydrogen-bond donors (Lipinski definition) is 1. The van der Waals surface area contributed by atoms with Crippen molar-refractivity contribution < 1.29 is 23.5 Å². The Morgan fingerprint density at radius 2 is 1.65 bits per heavy atom. The van der Waals surface area contributed by atoms with E-state index in [9.17, 15) is 14.4 Å². The van der Waals surface area contributed by atoms with Crippen LogP contribution in [0.4, 0.5) is 15.5 Å². The van der Waals surface area contributed by atoms with Gasteiger partial charge in [0, 0.05) is 18.8 Å². The number of hydrogen-bond acceptors (Lipinski definition) is 7. The molecular weight excluding hydrogens is 516 g/mol. The number of fused-ring (bicyclic) bond motifs is 1. The standard InChI is InChI=1S/C23H17ClN2O6S.2C2H6/c1-26(20-12-18-19(33-20)11-15(21(27)30-2)22(28)32-18)23(29)25-13-7-9-14(10-8-13)31-17-6-4-3-5-16(17)24;2*1-2/h3-12H,1-2H3,(H,25,29);2*1-2H3. The molecule has 37 heavy (non-hydrogen) atoms. The maximum Gasteiger partial charge on any atom is 0.351 e. The van der Waals surface area contributed by atoms with Crippen LogP contribution in [0.15, 0.2) is 69.9 Å². The average molecular weight is 545 g/mol. The predicted molar refractivity (Wildman–Crippen MR) is 150 cm³/mol. The Morgan fingerprint density at radius 3 is 2.27 bits per heavy atom. The van der Waals surface area contributed by atoms with Crippen molar-refractivity contribution in [3.63, 3.8) is 0 Å². The first-order chi connectivity index (χ1) is 17.9. The van der Waals surface area contributed by atoms with E-state index in [4.69, 9.17) is 20.8 Å². The number of benzene rings is 2. The summed E-state index contributed by atoms with van der Waals surface area (Å²) in [5.41, 5.74) is -0.179. The Labute approximate surface area is 224 Å². The molecular formula is C27H29ClN2O6S. The number of urea groups is 1. The summed E-state index contributed by atoms with van der Waals surface area (Å²) in [4.78, 5) is 37.8. The highest BCUT2D eigenvalue weighted by molar-refractivity contribution is 7.22. The number of nitrogens with zero attached hydrogens (tertiary/aromatic N) is 1. The average Bonchev–Trinajstić information content (AvgIpc) is 3.34. The van der Waals surface area contributed by atoms with Crippen molar-refractivity contribution in [1.29, 1.82) is 0 Å². The van der Waals surface area contributed by atoms with Crippen LogP contribution in [0.3, 0.4) is 0 Å². The van der Waals surface area contributed by atoms with Crippen LogP contribution < -0.4 is 20.6 Å². The fourth-order valence-corrected chi connectivity index (χ4v) is 4.05. The van der Waals surface area contributed by atoms with Crippen molar-refractivity contribution in [1.82, 2.24) is 0 Å². The Morgan fingerprint density at radius 1 is 1.00 bits per heavy atom. The molecule has 2 aromatic carbocycles. The van der Waals surface area contributed by atoms with Crippen LogP contribution in [0.2, 0.25) is 5.02 Å². The van der Waals surface area contributed by atoms with Crippen LogP contribution in [-0.2, 0) is 4.74 Å². The van der Waals surface area contributed by atoms with Gasteiger partial charge in [0.05, 0.1) is 16.8 Å². The summed E-state index contributed by atoms with van der Waals surface area (Å²) in [6.45, 7) is 8.00. The maximum absolute atomic E-state index is 12.7. The predicted octanol–water partition coefficient (Wildman–Crippen LogP) is 7.81. The van der Waals surface area contributed by atoms with E-state index in [0.717, 1.165) is 0 Å². The number of carbonyl (C=O) groups excluding carboxylic acids is 2. The molecule has 0 spiro atoms. The molecule has 0 fully saturated rings. The summed E-state index contributed by atoms with van der Waals surface area (Å²) in [5, 5.41) is 3.80. The molecule has 10 heteroatoms. The molecule has 0 saturated carbocycles. The zero-order chi connectivity index (χ0) is 27.5. The summed E-state index contributed by atoms with van der Waals surface area (Å²) in [7, 11) is 2.76. The summed E-state index contributed by atoms with van der Waals surface area (Å²) >= 11 is 7.30. The van der Waals surface area contributed by atoms with Gasteiger partial charge >= 0.3 is 17.6 Å². The lowest BCUT2D eigenvalue weighted by Gasteiger charge is -2.16. The van der Waals surface area contributed by atoms with E-state index in [-0.39, 0.29) is 11.1 Å². The van der Waals surface area contributed by atoms with E-state index in [1.54, 1.807) is 49.5 Å². The van der Waals surface area contributed by atoms with Gasteiger partial charge in [0.2, 0.25) is 0 Å². The van der Waals surface area contributed by atoms with E-state index in [1.807, 2.05) is 39.8 Å². The number of carbonyl (C=O) groups is 2. The van der Waals surface area contributed by atoms with Gasteiger partial charge in [-0.05, 0) is 42.5 Å². The van der Waals surface area contributed by atoms with E-state index in [1.165, 1.54) is 29.4 Å². The molecule has 4 rings (SSSR count). The third kappa shape index (κ3) is 7.34. The molecule has 0 bridgehead atoms. The Kier molecular flexibility index (Phi) is 11.2. The van der Waals surface area contributed by atoms with Crippen LogP contribution in [-0.4, -0.2) is 26.2 Å². The van der Waals surface area contributed by atoms with Gasteiger partial charge in [-0.3, -0.25) is 4.90 Å². The van der Waals surface area contributed by atoms with Crippen LogP contribution in [0.5, 0.6) is 11.5 Å². The Balaban J connectivity index is 0.00000115. The Hall–Kier alpha value is -3.82. The SMILES string of the molecule is CC.CC.COC(=O)c1cc2sc(N(C)C(=O)Nc3ccc(Oc4ccccc4Cl)cc3)cc2oc1=O. The highest BCUT2D eigenvalue weighted by Crippen LogP contribution is 2.33. The molecule has 0 aliphatic rings. The van der Waals surface area contributed by atoms with Crippen molar-refractivity contribution in [2.24, 2.45) is 0 Å². The number of ether oxygens (including phenoxy) is 2. The van der Waals surface area contributed by atoms with Gasteiger partial charge in [0.15, 0.2) is 5.58 Å². The maximum atomic E-state index is 12.7. The van der Waals surface area contributed by atoms with Gasteiger partial charge < -0.3 is 19.2 Å². The van der Waals surface area contributed by atoms with E-state index >= 15 is 0 Å². The molecule has 0 aliphatic carbocycles. The second-order valence-electron chi connectivity index (χ2n) is 6.80. The van der Waals surface area contributed by atoms with E-state index in [2.05, 4.69) is 10.1 Å². The van der Waals surface area contributed by atoms with Crippen molar-refractivity contribution in [2.45, 2.75) is 27.7 Å². The topological polar surface area (TPSA) is 98.1 Å². The largest absolute Gasteiger partial charge is 0.465 e. The minimum atomic E-state index is -0.801. The van der Waals surface area contributed by atoms with Crippen molar-refractivity contribution >= 4 is 55.9 Å². The summed E-state index contributed by atoms with van der Waals surface area (Å²) in [5.74, 6) is 0.312. The fourth-order valence-electron chi connectivity index (χ4n) is 2.89. The van der Waals surface area contributed by atoms with Gasteiger partial charge in [0.1, 0.15) is 22.1 Å². The van der Waals surface area contributed by atoms with E-state index < -0.39 is 17.6 Å². The molecule has 0 aliphatic heterocycles. The summed E-state index contributed by atoms with van der Waals surface area (Å²) in [6, 6.07) is 16.5. The van der Waals surface area contributed by atoms with Crippen molar-refractivity contribution in [2.75, 3.05) is 24.4 Å². The molecule has 0 unspecified atom stereocenters. The minimum absolute atomic E-state index is 0.204. The number of rotatable bonds is 5.